The van der Waals surface area contributed by atoms with Gasteiger partial charge in [-0.15, -0.1) is 0 Å². The molecule has 0 saturated heterocycles. The van der Waals surface area contributed by atoms with E-state index in [9.17, 15) is 4.79 Å². The summed E-state index contributed by atoms with van der Waals surface area (Å²) >= 11 is 0. The molecule has 1 aromatic rings. The number of nitrogens with zero attached hydrogens (tertiary/aromatic N) is 1. The standard InChI is InChI=1S/C15H18N2O/c1-11(14-3-2-4-14)17-15(18)9-12-5-7-13(10-16)8-6-12/h5-8,11,14H,2-4,9H2,1H3,(H,17,18). The second-order valence-corrected chi connectivity index (χ2v) is 5.03. The van der Waals surface area contributed by atoms with Crippen LogP contribution >= 0.6 is 0 Å². The van der Waals surface area contributed by atoms with E-state index < -0.39 is 0 Å². The molecule has 18 heavy (non-hydrogen) atoms. The van der Waals surface area contributed by atoms with Crippen LogP contribution in [0.1, 0.15) is 37.3 Å². The molecule has 1 aliphatic carbocycles. The molecule has 1 fully saturated rings. The van der Waals surface area contributed by atoms with Crippen LogP contribution in [-0.4, -0.2) is 11.9 Å². The number of hydrogen-bond acceptors (Lipinski definition) is 2. The summed E-state index contributed by atoms with van der Waals surface area (Å²) in [6.07, 6.45) is 4.15. The van der Waals surface area contributed by atoms with Gasteiger partial charge in [-0.05, 0) is 43.4 Å². The summed E-state index contributed by atoms with van der Waals surface area (Å²) in [5.41, 5.74) is 1.58. The van der Waals surface area contributed by atoms with Gasteiger partial charge in [-0.2, -0.15) is 5.26 Å². The molecule has 0 spiro atoms. The van der Waals surface area contributed by atoms with E-state index in [0.717, 1.165) is 5.56 Å². The summed E-state index contributed by atoms with van der Waals surface area (Å²) < 4.78 is 0. The van der Waals surface area contributed by atoms with Gasteiger partial charge < -0.3 is 5.32 Å². The van der Waals surface area contributed by atoms with Crippen LogP contribution in [0.2, 0.25) is 0 Å². The van der Waals surface area contributed by atoms with Gasteiger partial charge >= 0.3 is 0 Å². The third-order valence-electron chi connectivity index (χ3n) is 3.69. The van der Waals surface area contributed by atoms with Crippen LogP contribution in [0.25, 0.3) is 0 Å². The van der Waals surface area contributed by atoms with Gasteiger partial charge in [-0.25, -0.2) is 0 Å². The molecule has 1 saturated carbocycles. The molecule has 3 heteroatoms. The van der Waals surface area contributed by atoms with E-state index in [4.69, 9.17) is 5.26 Å². The molecular formula is C15H18N2O. The first kappa shape index (κ1) is 12.6. The summed E-state index contributed by atoms with van der Waals surface area (Å²) in [5, 5.41) is 11.7. The van der Waals surface area contributed by atoms with E-state index >= 15 is 0 Å². The zero-order valence-corrected chi connectivity index (χ0v) is 10.6. The normalized spacial score (nSPS) is 16.4. The Kier molecular flexibility index (Phi) is 3.99. The van der Waals surface area contributed by atoms with E-state index in [1.807, 2.05) is 12.1 Å². The van der Waals surface area contributed by atoms with Gasteiger partial charge in [0.1, 0.15) is 0 Å². The number of carbonyl (C=O) groups is 1. The van der Waals surface area contributed by atoms with Crippen LogP contribution in [0.15, 0.2) is 24.3 Å². The highest BCUT2D eigenvalue weighted by Crippen LogP contribution is 2.29. The molecule has 0 bridgehead atoms. The third kappa shape index (κ3) is 3.10. The average Bonchev–Trinajstić information content (AvgIpc) is 2.27. The highest BCUT2D eigenvalue weighted by Gasteiger charge is 2.24. The number of amides is 1. The van der Waals surface area contributed by atoms with Crippen molar-refractivity contribution in [3.63, 3.8) is 0 Å². The Bertz CT molecular complexity index is 454. The van der Waals surface area contributed by atoms with Crippen LogP contribution in [0.3, 0.4) is 0 Å². The van der Waals surface area contributed by atoms with Crippen molar-refractivity contribution in [2.45, 2.75) is 38.6 Å². The molecule has 0 aromatic heterocycles. The third-order valence-corrected chi connectivity index (χ3v) is 3.69. The lowest BCUT2D eigenvalue weighted by Crippen LogP contribution is -2.41. The van der Waals surface area contributed by atoms with E-state index in [1.54, 1.807) is 12.1 Å². The summed E-state index contributed by atoms with van der Waals surface area (Å²) in [6, 6.07) is 9.53. The topological polar surface area (TPSA) is 52.9 Å². The largest absolute Gasteiger partial charge is 0.353 e. The smallest absolute Gasteiger partial charge is 0.224 e. The average molecular weight is 242 g/mol. The first-order valence-electron chi connectivity index (χ1n) is 6.47. The van der Waals surface area contributed by atoms with E-state index in [2.05, 4.69) is 18.3 Å². The molecule has 1 atom stereocenters. The predicted molar refractivity (Wildman–Crippen MR) is 69.8 cm³/mol. The summed E-state index contributed by atoms with van der Waals surface area (Å²) in [6.45, 7) is 2.08. The second kappa shape index (κ2) is 5.68. The lowest BCUT2D eigenvalue weighted by Gasteiger charge is -2.31. The van der Waals surface area contributed by atoms with Gasteiger partial charge in [-0.3, -0.25) is 4.79 Å². The van der Waals surface area contributed by atoms with E-state index in [-0.39, 0.29) is 11.9 Å². The molecule has 1 aliphatic rings. The van der Waals surface area contributed by atoms with Gasteiger partial charge in [0.15, 0.2) is 0 Å². The van der Waals surface area contributed by atoms with Gasteiger partial charge in [0.2, 0.25) is 5.91 Å². The minimum absolute atomic E-state index is 0.0686. The quantitative estimate of drug-likeness (QED) is 0.881. The summed E-state index contributed by atoms with van der Waals surface area (Å²) in [7, 11) is 0. The van der Waals surface area contributed by atoms with Crippen molar-refractivity contribution < 1.29 is 4.79 Å². The first-order chi connectivity index (χ1) is 8.69. The fourth-order valence-corrected chi connectivity index (χ4v) is 2.25. The number of carbonyl (C=O) groups excluding carboxylic acids is 1. The Labute approximate surface area is 108 Å². The Morgan fingerprint density at radius 2 is 2.11 bits per heavy atom. The number of nitrogens with one attached hydrogen (secondary N) is 1. The number of hydrogen-bond donors (Lipinski definition) is 1. The molecular weight excluding hydrogens is 224 g/mol. The molecule has 0 radical (unpaired) electrons. The molecule has 94 valence electrons. The van der Waals surface area contributed by atoms with E-state index in [0.29, 0.717) is 17.9 Å². The fourth-order valence-electron chi connectivity index (χ4n) is 2.25. The van der Waals surface area contributed by atoms with Crippen molar-refractivity contribution in [3.05, 3.63) is 35.4 Å². The fraction of sp³-hybridized carbons (Fsp3) is 0.467. The maximum absolute atomic E-state index is 11.8. The van der Waals surface area contributed by atoms with Gasteiger partial charge in [0.25, 0.3) is 0 Å². The van der Waals surface area contributed by atoms with Gasteiger partial charge in [0, 0.05) is 6.04 Å². The molecule has 1 unspecified atom stereocenters. The van der Waals surface area contributed by atoms with Crippen LogP contribution in [-0.2, 0) is 11.2 Å². The van der Waals surface area contributed by atoms with Gasteiger partial charge in [-0.1, -0.05) is 18.6 Å². The Morgan fingerprint density at radius 3 is 2.61 bits per heavy atom. The van der Waals surface area contributed by atoms with Crippen LogP contribution in [0, 0.1) is 17.2 Å². The molecule has 2 rings (SSSR count). The van der Waals surface area contributed by atoms with Crippen molar-refractivity contribution in [2.75, 3.05) is 0 Å². The molecule has 0 heterocycles. The van der Waals surface area contributed by atoms with Crippen molar-refractivity contribution in [2.24, 2.45) is 5.92 Å². The minimum Gasteiger partial charge on any atom is -0.353 e. The number of rotatable bonds is 4. The van der Waals surface area contributed by atoms with Crippen molar-refractivity contribution in [1.29, 1.82) is 5.26 Å². The zero-order chi connectivity index (χ0) is 13.0. The molecule has 0 aliphatic heterocycles. The summed E-state index contributed by atoms with van der Waals surface area (Å²) in [5.74, 6) is 0.731. The zero-order valence-electron chi connectivity index (χ0n) is 10.6. The minimum atomic E-state index is 0.0686. The predicted octanol–water partition coefficient (Wildman–Crippen LogP) is 2.41. The first-order valence-corrected chi connectivity index (χ1v) is 6.47. The van der Waals surface area contributed by atoms with E-state index in [1.165, 1.54) is 19.3 Å². The van der Waals surface area contributed by atoms with Crippen LogP contribution in [0.5, 0.6) is 0 Å². The highest BCUT2D eigenvalue weighted by molar-refractivity contribution is 5.78. The highest BCUT2D eigenvalue weighted by atomic mass is 16.1. The van der Waals surface area contributed by atoms with Crippen LogP contribution in [0.4, 0.5) is 0 Å². The SMILES string of the molecule is CC(NC(=O)Cc1ccc(C#N)cc1)C1CCC1. The maximum Gasteiger partial charge on any atom is 0.224 e. The lowest BCUT2D eigenvalue weighted by atomic mass is 9.80. The lowest BCUT2D eigenvalue weighted by molar-refractivity contribution is -0.121. The summed E-state index contributed by atoms with van der Waals surface area (Å²) in [4.78, 5) is 11.8. The van der Waals surface area contributed by atoms with Gasteiger partial charge in [0.05, 0.1) is 18.1 Å². The van der Waals surface area contributed by atoms with Crippen molar-refractivity contribution >= 4 is 5.91 Å². The van der Waals surface area contributed by atoms with Crippen molar-refractivity contribution in [1.82, 2.24) is 5.32 Å². The molecule has 3 nitrogen and oxygen atoms in total. The monoisotopic (exact) mass is 242 g/mol. The Hall–Kier alpha value is -1.82. The molecule has 1 amide bonds. The molecule has 1 aromatic carbocycles. The van der Waals surface area contributed by atoms with Crippen LogP contribution < -0.4 is 5.32 Å². The molecule has 1 N–H and O–H groups in total. The Balaban J connectivity index is 1.84. The maximum atomic E-state index is 11.8. The number of nitriles is 1. The number of benzene rings is 1. The van der Waals surface area contributed by atoms with Crippen molar-refractivity contribution in [3.8, 4) is 6.07 Å². The second-order valence-electron chi connectivity index (χ2n) is 5.03. The Morgan fingerprint density at radius 1 is 1.44 bits per heavy atom.